The first-order valence-corrected chi connectivity index (χ1v) is 7.10. The highest BCUT2D eigenvalue weighted by atomic mass is 16.3. The number of phenols is 1. The highest BCUT2D eigenvalue weighted by Gasteiger charge is 2.31. The zero-order chi connectivity index (χ0) is 14.3. The van der Waals surface area contributed by atoms with Crippen LogP contribution < -0.4 is 5.32 Å². The van der Waals surface area contributed by atoms with E-state index in [0.29, 0.717) is 11.7 Å². The summed E-state index contributed by atoms with van der Waals surface area (Å²) in [4.78, 5) is 0. The Morgan fingerprint density at radius 2 is 2.15 bits per heavy atom. The fraction of sp³-hybridized carbons (Fsp3) is 0.438. The van der Waals surface area contributed by atoms with Crippen LogP contribution in [0, 0.1) is 6.92 Å². The molecule has 1 heterocycles. The minimum atomic E-state index is 0.217. The summed E-state index contributed by atoms with van der Waals surface area (Å²) in [5.74, 6) is 0.901. The molecule has 2 atom stereocenters. The molecule has 1 aliphatic rings. The zero-order valence-corrected chi connectivity index (χ0v) is 12.2. The van der Waals surface area contributed by atoms with Crippen LogP contribution in [0.5, 0.6) is 5.75 Å². The van der Waals surface area contributed by atoms with Crippen molar-refractivity contribution < 1.29 is 5.11 Å². The molecule has 1 aliphatic carbocycles. The number of aromatic hydroxyl groups is 1. The Labute approximate surface area is 119 Å². The van der Waals surface area contributed by atoms with Crippen LogP contribution in [0.3, 0.4) is 0 Å². The quantitative estimate of drug-likeness (QED) is 0.902. The van der Waals surface area contributed by atoms with Crippen LogP contribution in [0.25, 0.3) is 0 Å². The molecule has 2 unspecified atom stereocenters. The van der Waals surface area contributed by atoms with Gasteiger partial charge < -0.3 is 10.4 Å². The van der Waals surface area contributed by atoms with Crippen molar-refractivity contribution in [3.63, 3.8) is 0 Å². The third-order valence-corrected chi connectivity index (χ3v) is 4.36. The van der Waals surface area contributed by atoms with Gasteiger partial charge in [-0.2, -0.15) is 5.10 Å². The molecule has 0 radical (unpaired) electrons. The Hall–Kier alpha value is -1.81. The molecule has 3 rings (SSSR count). The van der Waals surface area contributed by atoms with Gasteiger partial charge in [-0.3, -0.25) is 4.68 Å². The van der Waals surface area contributed by atoms with E-state index < -0.39 is 0 Å². The maximum atomic E-state index is 10.2. The van der Waals surface area contributed by atoms with E-state index in [1.165, 1.54) is 11.1 Å². The molecule has 0 bridgehead atoms. The lowest BCUT2D eigenvalue weighted by Crippen LogP contribution is -2.20. The third kappa shape index (κ3) is 2.10. The largest absolute Gasteiger partial charge is 0.508 e. The van der Waals surface area contributed by atoms with Gasteiger partial charge in [0.25, 0.3) is 0 Å². The summed E-state index contributed by atoms with van der Waals surface area (Å²) < 4.78 is 1.88. The molecule has 0 saturated carbocycles. The van der Waals surface area contributed by atoms with Crippen LogP contribution in [0.15, 0.2) is 24.4 Å². The van der Waals surface area contributed by atoms with E-state index in [4.69, 9.17) is 0 Å². The maximum Gasteiger partial charge on any atom is 0.120 e. The van der Waals surface area contributed by atoms with Crippen molar-refractivity contribution in [2.24, 2.45) is 7.05 Å². The van der Waals surface area contributed by atoms with Crippen LogP contribution in [0.2, 0.25) is 0 Å². The lowest BCUT2D eigenvalue weighted by molar-refractivity contribution is 0.442. The lowest BCUT2D eigenvalue weighted by atomic mass is 9.97. The molecule has 1 aromatic heterocycles. The Morgan fingerprint density at radius 1 is 1.35 bits per heavy atom. The molecular weight excluding hydrogens is 250 g/mol. The molecule has 0 spiro atoms. The number of fused-ring (bicyclic) bond motifs is 1. The fourth-order valence-electron chi connectivity index (χ4n) is 3.33. The molecule has 4 heteroatoms. The van der Waals surface area contributed by atoms with Gasteiger partial charge in [0.15, 0.2) is 0 Å². The van der Waals surface area contributed by atoms with Crippen molar-refractivity contribution in [2.45, 2.75) is 38.8 Å². The van der Waals surface area contributed by atoms with Crippen molar-refractivity contribution in [3.05, 3.63) is 46.8 Å². The normalized spacial score (nSPS) is 21.1. The first-order chi connectivity index (χ1) is 9.58. The van der Waals surface area contributed by atoms with Crippen molar-refractivity contribution >= 4 is 0 Å². The minimum Gasteiger partial charge on any atom is -0.508 e. The second-order valence-electron chi connectivity index (χ2n) is 5.75. The van der Waals surface area contributed by atoms with Gasteiger partial charge in [-0.1, -0.05) is 13.0 Å². The summed E-state index contributed by atoms with van der Waals surface area (Å²) >= 11 is 0. The van der Waals surface area contributed by atoms with Crippen LogP contribution in [-0.4, -0.2) is 14.9 Å². The highest BCUT2D eigenvalue weighted by Crippen LogP contribution is 2.45. The van der Waals surface area contributed by atoms with E-state index in [2.05, 4.69) is 24.3 Å². The molecule has 4 nitrogen and oxygen atoms in total. The molecule has 0 amide bonds. The third-order valence-electron chi connectivity index (χ3n) is 4.36. The summed E-state index contributed by atoms with van der Waals surface area (Å²) in [5.41, 5.74) is 4.82. The number of hydrogen-bond donors (Lipinski definition) is 2. The number of benzene rings is 1. The van der Waals surface area contributed by atoms with Gasteiger partial charge in [-0.05, 0) is 42.5 Å². The zero-order valence-electron chi connectivity index (χ0n) is 12.2. The fourth-order valence-corrected chi connectivity index (χ4v) is 3.33. The number of nitrogens with one attached hydrogen (secondary N) is 1. The second kappa shape index (κ2) is 4.94. The number of hydrogen-bond acceptors (Lipinski definition) is 3. The van der Waals surface area contributed by atoms with E-state index in [-0.39, 0.29) is 6.04 Å². The SMILES string of the molecule is Cc1ccc(O)c2c1C(C)CC2NCc1ccnn1C. The van der Waals surface area contributed by atoms with Crippen molar-refractivity contribution in [2.75, 3.05) is 0 Å². The molecule has 106 valence electrons. The number of rotatable bonds is 3. The van der Waals surface area contributed by atoms with Crippen molar-refractivity contribution in [1.82, 2.24) is 15.1 Å². The van der Waals surface area contributed by atoms with E-state index >= 15 is 0 Å². The molecular formula is C16H21N3O. The standard InChI is InChI=1S/C16H21N3O/c1-10-4-5-14(20)16-13(8-11(2)15(10)16)17-9-12-6-7-18-19(12)3/h4-7,11,13,17,20H,8-9H2,1-3H3. The van der Waals surface area contributed by atoms with Gasteiger partial charge in [0.1, 0.15) is 5.75 Å². The Bertz CT molecular complexity index is 633. The van der Waals surface area contributed by atoms with E-state index in [0.717, 1.165) is 24.2 Å². The molecule has 1 aromatic carbocycles. The first kappa shape index (κ1) is 13.2. The average Bonchev–Trinajstić information content (AvgIpc) is 2.96. The van der Waals surface area contributed by atoms with Crippen LogP contribution in [0.1, 0.15) is 47.7 Å². The molecule has 0 aliphatic heterocycles. The predicted octanol–water partition coefficient (Wildman–Crippen LogP) is 2.77. The minimum absolute atomic E-state index is 0.217. The molecule has 2 N–H and O–H groups in total. The summed E-state index contributed by atoms with van der Waals surface area (Å²) in [6.07, 6.45) is 2.84. The van der Waals surface area contributed by atoms with Gasteiger partial charge in [-0.25, -0.2) is 0 Å². The predicted molar refractivity (Wildman–Crippen MR) is 78.7 cm³/mol. The van der Waals surface area contributed by atoms with Gasteiger partial charge in [0.05, 0.1) is 5.69 Å². The molecule has 0 saturated heterocycles. The van der Waals surface area contributed by atoms with Crippen LogP contribution >= 0.6 is 0 Å². The average molecular weight is 271 g/mol. The Balaban J connectivity index is 1.84. The van der Waals surface area contributed by atoms with Gasteiger partial charge in [-0.15, -0.1) is 0 Å². The molecule has 2 aromatic rings. The van der Waals surface area contributed by atoms with Gasteiger partial charge >= 0.3 is 0 Å². The number of aromatic nitrogens is 2. The van der Waals surface area contributed by atoms with Crippen molar-refractivity contribution in [1.29, 1.82) is 0 Å². The van der Waals surface area contributed by atoms with Gasteiger partial charge in [0.2, 0.25) is 0 Å². The Kier molecular flexibility index (Phi) is 3.26. The maximum absolute atomic E-state index is 10.2. The second-order valence-corrected chi connectivity index (χ2v) is 5.75. The summed E-state index contributed by atoms with van der Waals surface area (Å²) in [7, 11) is 1.95. The highest BCUT2D eigenvalue weighted by molar-refractivity contribution is 5.50. The Morgan fingerprint density at radius 3 is 2.85 bits per heavy atom. The monoisotopic (exact) mass is 271 g/mol. The number of nitrogens with zero attached hydrogens (tertiary/aromatic N) is 2. The number of phenolic OH excluding ortho intramolecular Hbond substituents is 1. The van der Waals surface area contributed by atoms with Crippen LogP contribution in [0.4, 0.5) is 0 Å². The van der Waals surface area contributed by atoms with Gasteiger partial charge in [0, 0.05) is 31.4 Å². The smallest absolute Gasteiger partial charge is 0.120 e. The summed E-state index contributed by atoms with van der Waals surface area (Å²) in [5, 5.41) is 17.9. The summed E-state index contributed by atoms with van der Waals surface area (Å²) in [6.45, 7) is 5.12. The number of aryl methyl sites for hydroxylation is 2. The van der Waals surface area contributed by atoms with E-state index in [1.54, 1.807) is 0 Å². The molecule has 20 heavy (non-hydrogen) atoms. The van der Waals surface area contributed by atoms with E-state index in [1.807, 2.05) is 36.1 Å². The van der Waals surface area contributed by atoms with Crippen LogP contribution in [-0.2, 0) is 13.6 Å². The van der Waals surface area contributed by atoms with Crippen molar-refractivity contribution in [3.8, 4) is 5.75 Å². The lowest BCUT2D eigenvalue weighted by Gasteiger charge is -2.16. The molecule has 0 fully saturated rings. The topological polar surface area (TPSA) is 50.1 Å². The van der Waals surface area contributed by atoms with E-state index in [9.17, 15) is 5.11 Å². The first-order valence-electron chi connectivity index (χ1n) is 7.10. The summed E-state index contributed by atoms with van der Waals surface area (Å²) in [6, 6.07) is 6.05.